The summed E-state index contributed by atoms with van der Waals surface area (Å²) in [5, 5.41) is 8.41. The fourth-order valence-electron chi connectivity index (χ4n) is 1.22. The molecule has 0 saturated carbocycles. The number of aryl methyl sites for hydroxylation is 1. The van der Waals surface area contributed by atoms with E-state index < -0.39 is 5.91 Å². The van der Waals surface area contributed by atoms with E-state index >= 15 is 0 Å². The van der Waals surface area contributed by atoms with Crippen LogP contribution in [0.1, 0.15) is 29.3 Å². The number of amides is 1. The molecule has 0 aliphatic rings. The van der Waals surface area contributed by atoms with Crippen molar-refractivity contribution in [3.63, 3.8) is 0 Å². The van der Waals surface area contributed by atoms with E-state index in [1.54, 1.807) is 17.6 Å². The Morgan fingerprint density at radius 3 is 2.92 bits per heavy atom. The lowest BCUT2D eigenvalue weighted by molar-refractivity contribution is 0.0706. The van der Waals surface area contributed by atoms with Gasteiger partial charge in [-0.3, -0.25) is 10.0 Å². The molecule has 0 spiro atoms. The van der Waals surface area contributed by atoms with Gasteiger partial charge in [0.15, 0.2) is 0 Å². The van der Waals surface area contributed by atoms with Gasteiger partial charge in [-0.1, -0.05) is 25.5 Å². The highest BCUT2D eigenvalue weighted by atomic mass is 16.5. The van der Waals surface area contributed by atoms with Crippen LogP contribution in [0.15, 0.2) is 24.3 Å². The van der Waals surface area contributed by atoms with Gasteiger partial charge in [0.25, 0.3) is 5.91 Å². The summed E-state index contributed by atoms with van der Waals surface area (Å²) in [5.74, 6) is -0.460. The van der Waals surface area contributed by atoms with E-state index in [9.17, 15) is 4.79 Å². The van der Waals surface area contributed by atoms with Gasteiger partial charge in [0.2, 0.25) is 0 Å². The Balaban J connectivity index is 2.85. The molecule has 1 aromatic rings. The van der Waals surface area contributed by atoms with Crippen LogP contribution in [0, 0.1) is 0 Å². The van der Waals surface area contributed by atoms with Crippen LogP contribution in [0.2, 0.25) is 0 Å². The Bertz CT molecular complexity index is 297. The summed E-state index contributed by atoms with van der Waals surface area (Å²) in [6.07, 6.45) is 2.00. The summed E-state index contributed by atoms with van der Waals surface area (Å²) in [4.78, 5) is 11.0. The van der Waals surface area contributed by atoms with E-state index in [1.165, 1.54) is 0 Å². The number of rotatable bonds is 3. The fourth-order valence-corrected chi connectivity index (χ4v) is 1.22. The summed E-state index contributed by atoms with van der Waals surface area (Å²) in [6.45, 7) is 2.08. The third-order valence-electron chi connectivity index (χ3n) is 1.83. The van der Waals surface area contributed by atoms with Crippen molar-refractivity contribution in [2.45, 2.75) is 19.8 Å². The monoisotopic (exact) mass is 179 g/mol. The first-order valence-electron chi connectivity index (χ1n) is 4.31. The molecule has 0 aliphatic heterocycles. The highest BCUT2D eigenvalue weighted by Gasteiger charge is 2.03. The van der Waals surface area contributed by atoms with Gasteiger partial charge in [0.05, 0.1) is 0 Å². The molecule has 3 nitrogen and oxygen atoms in total. The molecule has 1 aromatic carbocycles. The second-order valence-electron chi connectivity index (χ2n) is 2.89. The van der Waals surface area contributed by atoms with Gasteiger partial charge in [-0.05, 0) is 24.1 Å². The number of hydrogen-bond acceptors (Lipinski definition) is 2. The normalized spacial score (nSPS) is 9.69. The molecule has 0 unspecified atom stereocenters. The molecule has 0 aliphatic carbocycles. The van der Waals surface area contributed by atoms with Crippen molar-refractivity contribution >= 4 is 5.91 Å². The predicted molar refractivity (Wildman–Crippen MR) is 49.7 cm³/mol. The molecule has 3 heteroatoms. The average Bonchev–Trinajstić information content (AvgIpc) is 2.18. The largest absolute Gasteiger partial charge is 0.288 e. The second kappa shape index (κ2) is 4.62. The zero-order valence-electron chi connectivity index (χ0n) is 7.58. The highest BCUT2D eigenvalue weighted by Crippen LogP contribution is 2.07. The third-order valence-corrected chi connectivity index (χ3v) is 1.83. The Kier molecular flexibility index (Phi) is 3.46. The minimum atomic E-state index is -0.460. The molecule has 0 radical (unpaired) electrons. The summed E-state index contributed by atoms with van der Waals surface area (Å²) >= 11 is 0. The lowest BCUT2D eigenvalue weighted by Crippen LogP contribution is -2.18. The number of carbonyl (C=O) groups is 1. The molecule has 0 heterocycles. The van der Waals surface area contributed by atoms with Crippen LogP contribution >= 0.6 is 0 Å². The van der Waals surface area contributed by atoms with Gasteiger partial charge in [-0.2, -0.15) is 0 Å². The topological polar surface area (TPSA) is 49.3 Å². The highest BCUT2D eigenvalue weighted by molar-refractivity contribution is 5.93. The van der Waals surface area contributed by atoms with Crippen molar-refractivity contribution in [3.8, 4) is 0 Å². The van der Waals surface area contributed by atoms with Crippen LogP contribution in [0.3, 0.4) is 0 Å². The lowest BCUT2D eigenvalue weighted by atomic mass is 10.1. The zero-order chi connectivity index (χ0) is 9.68. The summed E-state index contributed by atoms with van der Waals surface area (Å²) < 4.78 is 0. The van der Waals surface area contributed by atoms with Crippen LogP contribution in [-0.2, 0) is 6.42 Å². The third kappa shape index (κ3) is 2.56. The number of benzene rings is 1. The average molecular weight is 179 g/mol. The Morgan fingerprint density at radius 2 is 2.31 bits per heavy atom. The van der Waals surface area contributed by atoms with Gasteiger partial charge in [-0.25, -0.2) is 5.48 Å². The summed E-state index contributed by atoms with van der Waals surface area (Å²) in [5.41, 5.74) is 3.22. The van der Waals surface area contributed by atoms with Crippen LogP contribution in [0.25, 0.3) is 0 Å². The molecule has 1 rings (SSSR count). The molecule has 1 amide bonds. The molecule has 0 fully saturated rings. The molecular weight excluding hydrogens is 166 g/mol. The van der Waals surface area contributed by atoms with Crippen LogP contribution in [0.5, 0.6) is 0 Å². The predicted octanol–water partition coefficient (Wildman–Crippen LogP) is 1.76. The Morgan fingerprint density at radius 1 is 1.54 bits per heavy atom. The van der Waals surface area contributed by atoms with Crippen LogP contribution in [0.4, 0.5) is 0 Å². The van der Waals surface area contributed by atoms with Crippen LogP contribution in [-0.4, -0.2) is 11.1 Å². The van der Waals surface area contributed by atoms with Crippen molar-refractivity contribution in [3.05, 3.63) is 35.4 Å². The van der Waals surface area contributed by atoms with Crippen molar-refractivity contribution in [2.24, 2.45) is 0 Å². The van der Waals surface area contributed by atoms with E-state index in [0.29, 0.717) is 5.56 Å². The van der Waals surface area contributed by atoms with E-state index in [4.69, 9.17) is 5.21 Å². The fraction of sp³-hybridized carbons (Fsp3) is 0.300. The molecular formula is C10H13NO2. The smallest absolute Gasteiger partial charge is 0.274 e. The quantitative estimate of drug-likeness (QED) is 0.548. The molecule has 70 valence electrons. The minimum absolute atomic E-state index is 0.460. The molecule has 13 heavy (non-hydrogen) atoms. The SMILES string of the molecule is CCCc1cccc(C(=O)NO)c1. The summed E-state index contributed by atoms with van der Waals surface area (Å²) in [6, 6.07) is 7.24. The van der Waals surface area contributed by atoms with Gasteiger partial charge < -0.3 is 0 Å². The van der Waals surface area contributed by atoms with Crippen molar-refractivity contribution in [1.82, 2.24) is 5.48 Å². The number of hydroxylamine groups is 1. The maximum Gasteiger partial charge on any atom is 0.274 e. The maximum atomic E-state index is 11.0. The zero-order valence-corrected chi connectivity index (χ0v) is 7.58. The van der Waals surface area contributed by atoms with Gasteiger partial charge in [0, 0.05) is 5.56 Å². The van der Waals surface area contributed by atoms with Gasteiger partial charge >= 0.3 is 0 Å². The molecule has 0 bridgehead atoms. The van der Waals surface area contributed by atoms with Crippen molar-refractivity contribution in [1.29, 1.82) is 0 Å². The van der Waals surface area contributed by atoms with Gasteiger partial charge in [-0.15, -0.1) is 0 Å². The standard InChI is InChI=1S/C10H13NO2/c1-2-4-8-5-3-6-9(7-8)10(12)11-13/h3,5-7,13H,2,4H2,1H3,(H,11,12). The van der Waals surface area contributed by atoms with Crippen molar-refractivity contribution < 1.29 is 10.0 Å². The minimum Gasteiger partial charge on any atom is -0.288 e. The van der Waals surface area contributed by atoms with Crippen molar-refractivity contribution in [2.75, 3.05) is 0 Å². The first kappa shape index (κ1) is 9.74. The van der Waals surface area contributed by atoms with Crippen LogP contribution < -0.4 is 5.48 Å². The Hall–Kier alpha value is -1.35. The summed E-state index contributed by atoms with van der Waals surface area (Å²) in [7, 11) is 0. The number of hydrogen-bond donors (Lipinski definition) is 2. The molecule has 0 saturated heterocycles. The number of carbonyl (C=O) groups excluding carboxylic acids is 1. The molecule has 2 N–H and O–H groups in total. The first-order valence-corrected chi connectivity index (χ1v) is 4.31. The second-order valence-corrected chi connectivity index (χ2v) is 2.89. The van der Waals surface area contributed by atoms with E-state index in [0.717, 1.165) is 18.4 Å². The Labute approximate surface area is 77.4 Å². The molecule has 0 aromatic heterocycles. The van der Waals surface area contributed by atoms with E-state index in [1.807, 2.05) is 12.1 Å². The maximum absolute atomic E-state index is 11.0. The first-order chi connectivity index (χ1) is 6.27. The number of nitrogens with one attached hydrogen (secondary N) is 1. The molecule has 0 atom stereocenters. The van der Waals surface area contributed by atoms with E-state index in [-0.39, 0.29) is 0 Å². The van der Waals surface area contributed by atoms with Gasteiger partial charge in [0.1, 0.15) is 0 Å². The van der Waals surface area contributed by atoms with E-state index in [2.05, 4.69) is 6.92 Å². The lowest BCUT2D eigenvalue weighted by Gasteiger charge is -2.01.